The molecule has 4 heteroatoms. The van der Waals surface area contributed by atoms with Gasteiger partial charge in [0.1, 0.15) is 0 Å². The molecule has 3 heterocycles. The maximum Gasteiger partial charge on any atom is 0.0541 e. The molecule has 0 N–H and O–H groups in total. The van der Waals surface area contributed by atoms with Gasteiger partial charge >= 0.3 is 0 Å². The molecular weight excluding hydrogens is 1690 g/mol. The second-order valence-electron chi connectivity index (χ2n) is 36.5. The van der Waals surface area contributed by atoms with E-state index in [-0.39, 0.29) is 11.8 Å². The highest BCUT2D eigenvalue weighted by Gasteiger charge is 2.25. The van der Waals surface area contributed by atoms with Gasteiger partial charge in [-0.25, -0.2) is 0 Å². The minimum absolute atomic E-state index is 0.142. The van der Waals surface area contributed by atoms with E-state index in [1.807, 2.05) is 0 Å². The van der Waals surface area contributed by atoms with Gasteiger partial charge in [-0.2, -0.15) is 0 Å². The summed E-state index contributed by atoms with van der Waals surface area (Å²) >= 11 is 0. The lowest BCUT2D eigenvalue weighted by Gasteiger charge is -2.26. The number of hydrogen-bond donors (Lipinski definition) is 0. The molecule has 0 aliphatic rings. The predicted molar refractivity (Wildman–Crippen MR) is 594 cm³/mol. The Hall–Kier alpha value is -18.2. The molecule has 4 nitrogen and oxygen atoms in total. The van der Waals surface area contributed by atoms with E-state index in [4.69, 9.17) is 0 Å². The van der Waals surface area contributed by atoms with Crippen molar-refractivity contribution in [3.8, 4) is 61.6 Å². The van der Waals surface area contributed by atoms with Crippen molar-refractivity contribution in [1.29, 1.82) is 0 Å². The van der Waals surface area contributed by atoms with Crippen molar-refractivity contribution in [1.82, 2.24) is 13.7 Å². The van der Waals surface area contributed by atoms with Crippen LogP contribution in [0.2, 0.25) is 0 Å². The molecule has 0 bridgehead atoms. The van der Waals surface area contributed by atoms with Crippen LogP contribution in [-0.4, -0.2) is 13.7 Å². The van der Waals surface area contributed by atoms with Crippen molar-refractivity contribution in [2.45, 2.75) is 11.8 Å². The van der Waals surface area contributed by atoms with Gasteiger partial charge in [0.15, 0.2) is 0 Å². The minimum atomic E-state index is 0.142. The lowest BCUT2D eigenvalue weighted by Crippen LogP contribution is -2.09. The fraction of sp³-hybridized carbons (Fsp3) is 0.0147. The first-order chi connectivity index (χ1) is 69.4. The Morgan fingerprint density at radius 2 is 0.457 bits per heavy atom. The molecule has 1 atom stereocenters. The summed E-state index contributed by atoms with van der Waals surface area (Å²) in [6.07, 6.45) is 0. The maximum atomic E-state index is 2.42. The molecule has 0 aliphatic carbocycles. The van der Waals surface area contributed by atoms with Crippen LogP contribution >= 0.6 is 0 Å². The van der Waals surface area contributed by atoms with E-state index in [1.54, 1.807) is 0 Å². The molecule has 0 amide bonds. The van der Waals surface area contributed by atoms with Crippen molar-refractivity contribution in [2.24, 2.45) is 0 Å². The lowest BCUT2D eigenvalue weighted by atomic mass is 9.82. The predicted octanol–water partition coefficient (Wildman–Crippen LogP) is 36.6. The number of nitrogens with zero attached hydrogens (tertiary/aromatic N) is 4. The standard InChI is InChI=1S/C50H34N2.C45H31N.C41H29N/c1-3-11-35(12-4-1)36-21-27-42(28-22-36)51(44-31-25-39-20-19-38-13-7-8-16-45(38)47(39)34-44)43-29-23-37(24-30-43)40-26-32-50-48(33-40)46-17-9-10-18-49(46)52(50)41-14-5-2-6-15-41;1-2-13-34(14-3-1)45(41-19-10-16-33-12-6-7-17-39(33)41)35-23-21-32(22-24-35)37-26-28-44-42(30-37)40-18-8-9-20-43(40)46(44)38-27-25-31-11-4-5-15-36(31)29-38;1-3-13-31(14-4-1)41(32-15-5-2-6-16-32)33-24-22-29(23-25-33)34-26-27-40-37(28-34)36-19-9-10-20-39(36)42(40)38-21-11-17-30-12-7-8-18-35(30)38/h1-34H;1-30,45H;1-28,41H. The Balaban J connectivity index is 0.000000111. The zero-order valence-corrected chi connectivity index (χ0v) is 77.1. The Morgan fingerprint density at radius 3 is 0.979 bits per heavy atom. The molecule has 1 unspecified atom stereocenters. The van der Waals surface area contributed by atoms with Crippen LogP contribution in [0.5, 0.6) is 0 Å². The molecule has 24 aromatic carbocycles. The third-order valence-electron chi connectivity index (χ3n) is 28.4. The van der Waals surface area contributed by atoms with E-state index in [9.17, 15) is 0 Å². The van der Waals surface area contributed by atoms with Crippen molar-refractivity contribution in [2.75, 3.05) is 4.90 Å². The molecule has 27 rings (SSSR count). The molecule has 0 radical (unpaired) electrons. The van der Waals surface area contributed by atoms with Crippen LogP contribution in [0.1, 0.15) is 45.2 Å². The van der Waals surface area contributed by atoms with Crippen LogP contribution in [0.15, 0.2) is 558 Å². The van der Waals surface area contributed by atoms with Gasteiger partial charge in [-0.05, 0) is 248 Å². The molecule has 27 aromatic rings. The first kappa shape index (κ1) is 83.6. The van der Waals surface area contributed by atoms with Crippen LogP contribution in [0.3, 0.4) is 0 Å². The van der Waals surface area contributed by atoms with Gasteiger partial charge in [-0.15, -0.1) is 0 Å². The molecule has 0 spiro atoms. The fourth-order valence-electron chi connectivity index (χ4n) is 21.7. The third-order valence-corrected chi connectivity index (χ3v) is 28.4. The largest absolute Gasteiger partial charge is 0.310 e. The van der Waals surface area contributed by atoms with Gasteiger partial charge in [-0.3, -0.25) is 0 Å². The SMILES string of the molecule is c1ccc(-c2ccc(N(c3ccc(-c4ccc5c(c4)c4ccccc4n5-c4ccccc4)cc3)c3ccc4ccc5ccccc5c4c3)cc2)cc1.c1ccc(C(c2ccc(-c3ccc4c(c3)c3ccccc3n4-c3ccc4ccccc4c3)cc2)c2cccc3ccccc23)cc1.c1ccc(C(c2ccccc2)c2ccc(-c3ccc4c(c3)c3ccccc3n4-c3cccc4ccccc34)cc2)cc1. The summed E-state index contributed by atoms with van der Waals surface area (Å²) in [4.78, 5) is 2.37. The second kappa shape index (κ2) is 36.5. The molecule has 0 saturated carbocycles. The van der Waals surface area contributed by atoms with Crippen molar-refractivity contribution in [3.05, 3.63) is 591 Å². The number of aromatic nitrogens is 3. The molecular formula is C136H94N4. The van der Waals surface area contributed by atoms with E-state index in [1.165, 1.54) is 214 Å². The first-order valence-electron chi connectivity index (χ1n) is 48.4. The number of hydrogen-bond acceptors (Lipinski definition) is 1. The van der Waals surface area contributed by atoms with E-state index in [0.29, 0.717) is 0 Å². The minimum Gasteiger partial charge on any atom is -0.310 e. The Kier molecular flexibility index (Phi) is 21.8. The summed E-state index contributed by atoms with van der Waals surface area (Å²) in [5, 5.41) is 20.2. The fourth-order valence-corrected chi connectivity index (χ4v) is 21.7. The number of para-hydroxylation sites is 4. The molecule has 3 aromatic heterocycles. The van der Waals surface area contributed by atoms with E-state index < -0.39 is 0 Å². The lowest BCUT2D eigenvalue weighted by molar-refractivity contribution is 0.978. The van der Waals surface area contributed by atoms with Gasteiger partial charge in [0, 0.05) is 78.0 Å². The summed E-state index contributed by atoms with van der Waals surface area (Å²) in [5.74, 6) is 0.339. The van der Waals surface area contributed by atoms with Gasteiger partial charge in [-0.1, -0.05) is 437 Å². The highest BCUT2D eigenvalue weighted by atomic mass is 15.1. The summed E-state index contributed by atoms with van der Waals surface area (Å²) in [6.45, 7) is 0. The number of anilines is 3. The summed E-state index contributed by atoms with van der Waals surface area (Å²) in [5.41, 5.74) is 31.8. The van der Waals surface area contributed by atoms with E-state index in [0.717, 1.165) is 17.1 Å². The highest BCUT2D eigenvalue weighted by Crippen LogP contribution is 2.46. The topological polar surface area (TPSA) is 18.0 Å². The zero-order valence-electron chi connectivity index (χ0n) is 77.1. The normalized spacial score (nSPS) is 11.8. The van der Waals surface area contributed by atoms with E-state index >= 15 is 0 Å². The van der Waals surface area contributed by atoms with Gasteiger partial charge in [0.25, 0.3) is 0 Å². The van der Waals surface area contributed by atoms with Crippen LogP contribution in [0.4, 0.5) is 17.1 Å². The maximum absolute atomic E-state index is 2.42. The monoisotopic (exact) mass is 1780 g/mol. The number of fused-ring (bicyclic) bond motifs is 15. The number of benzene rings is 24. The first-order valence-corrected chi connectivity index (χ1v) is 48.4. The van der Waals surface area contributed by atoms with Crippen molar-refractivity contribution >= 4 is 136 Å². The average Bonchev–Trinajstić information content (AvgIpc) is 1.59. The quantitative estimate of drug-likeness (QED) is 0.0696. The number of rotatable bonds is 16. The third kappa shape index (κ3) is 15.6. The second-order valence-corrected chi connectivity index (χ2v) is 36.5. The van der Waals surface area contributed by atoms with E-state index in [2.05, 4.69) is 577 Å². The van der Waals surface area contributed by atoms with Crippen LogP contribution < -0.4 is 4.90 Å². The molecule has 0 saturated heterocycles. The molecule has 0 fully saturated rings. The molecule has 0 aliphatic heterocycles. The summed E-state index contributed by atoms with van der Waals surface area (Å²) < 4.78 is 7.19. The smallest absolute Gasteiger partial charge is 0.0541 e. The Morgan fingerprint density at radius 1 is 0.143 bits per heavy atom. The van der Waals surface area contributed by atoms with Gasteiger partial charge in [0.05, 0.1) is 38.8 Å². The average molecular weight is 1780 g/mol. The van der Waals surface area contributed by atoms with Crippen molar-refractivity contribution in [3.63, 3.8) is 0 Å². The van der Waals surface area contributed by atoms with Gasteiger partial charge < -0.3 is 18.6 Å². The Labute approximate surface area is 814 Å². The highest BCUT2D eigenvalue weighted by molar-refractivity contribution is 6.15. The van der Waals surface area contributed by atoms with Gasteiger partial charge in [0.2, 0.25) is 0 Å². The van der Waals surface area contributed by atoms with Crippen LogP contribution in [-0.2, 0) is 0 Å². The van der Waals surface area contributed by atoms with Crippen LogP contribution in [0.25, 0.3) is 181 Å². The molecule has 658 valence electrons. The zero-order chi connectivity index (χ0) is 92.8. The summed E-state index contributed by atoms with van der Waals surface area (Å²) in [7, 11) is 0. The summed E-state index contributed by atoms with van der Waals surface area (Å²) in [6, 6.07) is 203. The van der Waals surface area contributed by atoms with Crippen molar-refractivity contribution < 1.29 is 0 Å². The Bertz CT molecular complexity index is 9220. The molecule has 140 heavy (non-hydrogen) atoms. The van der Waals surface area contributed by atoms with Crippen LogP contribution in [0, 0.1) is 0 Å².